The molecule has 1 aliphatic carbocycles. The standard InChI is InChI=1S/C17H18BrN3O3/c18-14-4-10-3-11(5-15(22)23)17(24)21(7-9-1-2-9)8-13(10)12-6-19-20-16(12)14/h4,6,9,11H,1-3,5,7-8H2,(H,19,20)(H,22,23). The third-order valence-corrected chi connectivity index (χ3v) is 5.59. The Bertz CT molecular complexity index is 828. The summed E-state index contributed by atoms with van der Waals surface area (Å²) in [5, 5.41) is 17.3. The molecule has 2 N–H and O–H groups in total. The van der Waals surface area contributed by atoms with Crippen LogP contribution in [0.1, 0.15) is 30.4 Å². The van der Waals surface area contributed by atoms with E-state index < -0.39 is 11.9 Å². The Labute approximate surface area is 147 Å². The second-order valence-corrected chi connectivity index (χ2v) is 7.67. The number of aromatic amines is 1. The number of hydrogen-bond donors (Lipinski definition) is 2. The highest BCUT2D eigenvalue weighted by Gasteiger charge is 2.35. The van der Waals surface area contributed by atoms with Crippen molar-refractivity contribution in [1.82, 2.24) is 15.1 Å². The van der Waals surface area contributed by atoms with Crippen molar-refractivity contribution >= 4 is 38.7 Å². The molecule has 0 radical (unpaired) electrons. The van der Waals surface area contributed by atoms with E-state index in [0.29, 0.717) is 18.9 Å². The second kappa shape index (κ2) is 5.88. The number of hydrogen-bond acceptors (Lipinski definition) is 3. The first-order valence-corrected chi connectivity index (χ1v) is 8.96. The first-order chi connectivity index (χ1) is 11.5. The van der Waals surface area contributed by atoms with Crippen molar-refractivity contribution in [3.05, 3.63) is 27.9 Å². The van der Waals surface area contributed by atoms with Crippen molar-refractivity contribution in [3.63, 3.8) is 0 Å². The maximum atomic E-state index is 12.9. The third kappa shape index (κ3) is 2.81. The van der Waals surface area contributed by atoms with Gasteiger partial charge in [0, 0.05) is 22.9 Å². The van der Waals surface area contributed by atoms with Crippen LogP contribution in [0.15, 0.2) is 16.7 Å². The Hall–Kier alpha value is -1.89. The summed E-state index contributed by atoms with van der Waals surface area (Å²) < 4.78 is 0.894. The van der Waals surface area contributed by atoms with Gasteiger partial charge in [0.2, 0.25) is 5.91 Å². The van der Waals surface area contributed by atoms with Gasteiger partial charge in [-0.05, 0) is 58.3 Å². The van der Waals surface area contributed by atoms with Gasteiger partial charge in [-0.3, -0.25) is 14.7 Å². The van der Waals surface area contributed by atoms with E-state index in [0.717, 1.165) is 45.9 Å². The Morgan fingerprint density at radius 1 is 1.46 bits per heavy atom. The Morgan fingerprint density at radius 3 is 2.96 bits per heavy atom. The van der Waals surface area contributed by atoms with Crippen LogP contribution >= 0.6 is 15.9 Å². The van der Waals surface area contributed by atoms with Gasteiger partial charge < -0.3 is 10.0 Å². The van der Waals surface area contributed by atoms with Gasteiger partial charge in [-0.25, -0.2) is 0 Å². The number of aromatic nitrogens is 2. The Balaban J connectivity index is 1.79. The average Bonchev–Trinajstić information content (AvgIpc) is 3.22. The van der Waals surface area contributed by atoms with Crippen molar-refractivity contribution in [2.75, 3.05) is 6.54 Å². The number of rotatable bonds is 4. The summed E-state index contributed by atoms with van der Waals surface area (Å²) in [5.41, 5.74) is 3.04. The number of nitrogens with one attached hydrogen (secondary N) is 1. The number of H-pyrrole nitrogens is 1. The molecule has 7 heteroatoms. The van der Waals surface area contributed by atoms with Gasteiger partial charge in [-0.15, -0.1) is 0 Å². The monoisotopic (exact) mass is 391 g/mol. The van der Waals surface area contributed by atoms with Crippen molar-refractivity contribution < 1.29 is 14.7 Å². The fourth-order valence-electron chi connectivity index (χ4n) is 3.57. The maximum Gasteiger partial charge on any atom is 0.304 e. The van der Waals surface area contributed by atoms with Crippen LogP contribution in [0, 0.1) is 11.8 Å². The molecule has 0 spiro atoms. The molecule has 126 valence electrons. The molecule has 6 nitrogen and oxygen atoms in total. The predicted molar refractivity (Wildman–Crippen MR) is 91.4 cm³/mol. The largest absolute Gasteiger partial charge is 0.481 e. The smallest absolute Gasteiger partial charge is 0.304 e. The lowest BCUT2D eigenvalue weighted by molar-refractivity contribution is -0.144. The SMILES string of the molecule is O=C(O)CC1Cc2cc(Br)c3[nH]ncc3c2CN(CC2CC2)C1=O. The molecule has 1 aromatic carbocycles. The number of fused-ring (bicyclic) bond motifs is 3. The Morgan fingerprint density at radius 2 is 2.25 bits per heavy atom. The molecule has 1 atom stereocenters. The first-order valence-electron chi connectivity index (χ1n) is 8.17. The van der Waals surface area contributed by atoms with Crippen LogP contribution in [0.25, 0.3) is 10.9 Å². The normalized spacial score (nSPS) is 21.0. The minimum absolute atomic E-state index is 0.0340. The molecule has 2 aliphatic rings. The number of benzene rings is 1. The highest BCUT2D eigenvalue weighted by Crippen LogP contribution is 2.36. The molecule has 4 rings (SSSR count). The molecule has 1 amide bonds. The molecular weight excluding hydrogens is 374 g/mol. The van der Waals surface area contributed by atoms with Crippen molar-refractivity contribution in [2.45, 2.75) is 32.2 Å². The van der Waals surface area contributed by atoms with Gasteiger partial charge in [0.25, 0.3) is 0 Å². The van der Waals surface area contributed by atoms with Gasteiger partial charge in [0.15, 0.2) is 0 Å². The van der Waals surface area contributed by atoms with Crippen molar-refractivity contribution in [1.29, 1.82) is 0 Å². The van der Waals surface area contributed by atoms with Crippen LogP contribution in [0.2, 0.25) is 0 Å². The minimum Gasteiger partial charge on any atom is -0.481 e. The molecule has 0 saturated heterocycles. The van der Waals surface area contributed by atoms with Gasteiger partial charge >= 0.3 is 5.97 Å². The molecular formula is C17H18BrN3O3. The number of nitrogens with zero attached hydrogens (tertiary/aromatic N) is 2. The van der Waals surface area contributed by atoms with Crippen LogP contribution < -0.4 is 0 Å². The van der Waals surface area contributed by atoms with E-state index in [1.54, 1.807) is 6.20 Å². The lowest BCUT2D eigenvalue weighted by Crippen LogP contribution is -2.36. The summed E-state index contributed by atoms with van der Waals surface area (Å²) >= 11 is 3.55. The van der Waals surface area contributed by atoms with Gasteiger partial charge in [0.1, 0.15) is 0 Å². The van der Waals surface area contributed by atoms with Crippen LogP contribution in [0.5, 0.6) is 0 Å². The number of carboxylic acid groups (broad SMARTS) is 1. The zero-order valence-corrected chi connectivity index (χ0v) is 14.7. The van der Waals surface area contributed by atoms with E-state index in [1.165, 1.54) is 0 Å². The predicted octanol–water partition coefficient (Wildman–Crippen LogP) is 2.71. The van der Waals surface area contributed by atoms with E-state index in [2.05, 4.69) is 26.1 Å². The van der Waals surface area contributed by atoms with E-state index in [-0.39, 0.29) is 12.3 Å². The van der Waals surface area contributed by atoms with Gasteiger partial charge in [-0.1, -0.05) is 0 Å². The summed E-state index contributed by atoms with van der Waals surface area (Å²) in [7, 11) is 0. The highest BCUT2D eigenvalue weighted by atomic mass is 79.9. The number of amides is 1. The zero-order valence-electron chi connectivity index (χ0n) is 13.1. The summed E-state index contributed by atoms with van der Waals surface area (Å²) in [6.07, 6.45) is 4.43. The number of carboxylic acids is 1. The fraction of sp³-hybridized carbons (Fsp3) is 0.471. The summed E-state index contributed by atoms with van der Waals surface area (Å²) in [6.45, 7) is 1.26. The van der Waals surface area contributed by atoms with Crippen LogP contribution in [0.3, 0.4) is 0 Å². The molecule has 1 saturated carbocycles. The molecule has 1 unspecified atom stereocenters. The number of aliphatic carboxylic acids is 1. The lowest BCUT2D eigenvalue weighted by Gasteiger charge is -2.24. The van der Waals surface area contributed by atoms with Crippen LogP contribution in [-0.2, 0) is 22.6 Å². The van der Waals surface area contributed by atoms with Crippen LogP contribution in [-0.4, -0.2) is 38.6 Å². The van der Waals surface area contributed by atoms with E-state index >= 15 is 0 Å². The molecule has 2 aromatic rings. The fourth-order valence-corrected chi connectivity index (χ4v) is 4.15. The summed E-state index contributed by atoms with van der Waals surface area (Å²) in [5.74, 6) is -0.894. The topological polar surface area (TPSA) is 86.3 Å². The number of carbonyl (C=O) groups excluding carboxylic acids is 1. The molecule has 24 heavy (non-hydrogen) atoms. The van der Waals surface area contributed by atoms with Crippen LogP contribution in [0.4, 0.5) is 0 Å². The molecule has 1 fully saturated rings. The molecule has 1 aromatic heterocycles. The van der Waals surface area contributed by atoms with E-state index in [9.17, 15) is 14.7 Å². The molecule has 1 aliphatic heterocycles. The average molecular weight is 392 g/mol. The number of carbonyl (C=O) groups is 2. The Kier molecular flexibility index (Phi) is 3.83. The van der Waals surface area contributed by atoms with Crippen molar-refractivity contribution in [3.8, 4) is 0 Å². The summed E-state index contributed by atoms with van der Waals surface area (Å²) in [4.78, 5) is 26.0. The van der Waals surface area contributed by atoms with Gasteiger partial charge in [-0.2, -0.15) is 5.10 Å². The third-order valence-electron chi connectivity index (χ3n) is 4.96. The quantitative estimate of drug-likeness (QED) is 0.838. The summed E-state index contributed by atoms with van der Waals surface area (Å²) in [6, 6.07) is 2.00. The zero-order chi connectivity index (χ0) is 16.8. The van der Waals surface area contributed by atoms with Gasteiger partial charge in [0.05, 0.1) is 24.1 Å². The van der Waals surface area contributed by atoms with Crippen molar-refractivity contribution in [2.24, 2.45) is 11.8 Å². The molecule has 0 bridgehead atoms. The first kappa shape index (κ1) is 15.6. The number of halogens is 1. The minimum atomic E-state index is -0.924. The lowest BCUT2D eigenvalue weighted by atomic mass is 9.93. The second-order valence-electron chi connectivity index (χ2n) is 6.82. The maximum absolute atomic E-state index is 12.9. The highest BCUT2D eigenvalue weighted by molar-refractivity contribution is 9.10. The van der Waals surface area contributed by atoms with E-state index in [1.807, 2.05) is 11.0 Å². The van der Waals surface area contributed by atoms with E-state index in [4.69, 9.17) is 0 Å². The molecule has 2 heterocycles.